The highest BCUT2D eigenvalue weighted by molar-refractivity contribution is 5.54. The first-order valence-electron chi connectivity index (χ1n) is 14.3. The minimum absolute atomic E-state index is 0.131. The quantitative estimate of drug-likeness (QED) is 0.146. The van der Waals surface area contributed by atoms with E-state index in [1.807, 2.05) is 49.4 Å². The third kappa shape index (κ3) is 7.53. The van der Waals surface area contributed by atoms with Crippen LogP contribution in [0.2, 0.25) is 0 Å². The fourth-order valence-corrected chi connectivity index (χ4v) is 5.02. The third-order valence-electron chi connectivity index (χ3n) is 7.37. The molecule has 4 rings (SSSR count). The van der Waals surface area contributed by atoms with Crippen LogP contribution >= 0.6 is 0 Å². The normalized spacial score (nSPS) is 14.6. The number of halogens is 2. The Hall–Kier alpha value is -3.52. The molecule has 3 aromatic rings. The lowest BCUT2D eigenvalue weighted by Gasteiger charge is -2.25. The van der Waals surface area contributed by atoms with Gasteiger partial charge in [-0.1, -0.05) is 58.3 Å². The van der Waals surface area contributed by atoms with Crippen LogP contribution < -0.4 is 4.74 Å². The highest BCUT2D eigenvalue weighted by atomic mass is 19.1. The Bertz CT molecular complexity index is 1350. The van der Waals surface area contributed by atoms with Crippen molar-refractivity contribution in [3.05, 3.63) is 88.0 Å². The first-order chi connectivity index (χ1) is 19.0. The Labute approximate surface area is 231 Å². The maximum atomic E-state index is 15.3. The molecule has 204 valence electrons. The molecule has 1 atom stereocenters. The molecule has 3 nitrogen and oxygen atoms in total. The van der Waals surface area contributed by atoms with E-state index >= 15 is 4.39 Å². The van der Waals surface area contributed by atoms with Crippen LogP contribution in [0.4, 0.5) is 20.2 Å². The predicted molar refractivity (Wildman–Crippen MR) is 154 cm³/mol. The number of aryl methyl sites for hydroxylation is 1. The summed E-state index contributed by atoms with van der Waals surface area (Å²) in [6.07, 6.45) is 8.62. The van der Waals surface area contributed by atoms with Gasteiger partial charge in [0, 0.05) is 5.56 Å². The van der Waals surface area contributed by atoms with Crippen LogP contribution in [0, 0.1) is 29.4 Å². The molecule has 1 aliphatic rings. The van der Waals surface area contributed by atoms with E-state index in [2.05, 4.69) is 35.9 Å². The van der Waals surface area contributed by atoms with E-state index in [0.717, 1.165) is 73.1 Å². The second kappa shape index (κ2) is 14.0. The van der Waals surface area contributed by atoms with Crippen molar-refractivity contribution in [2.45, 2.75) is 78.6 Å². The maximum Gasteiger partial charge on any atom is 0.145 e. The Morgan fingerprint density at radius 2 is 1.64 bits per heavy atom. The Morgan fingerprint density at radius 1 is 0.897 bits per heavy atom. The number of hydrogen-bond acceptors (Lipinski definition) is 3. The van der Waals surface area contributed by atoms with Crippen molar-refractivity contribution in [1.82, 2.24) is 0 Å². The molecular formula is C34H38F2N2O. The van der Waals surface area contributed by atoms with Crippen LogP contribution in [0.1, 0.15) is 87.1 Å². The smallest absolute Gasteiger partial charge is 0.145 e. The van der Waals surface area contributed by atoms with Crippen LogP contribution in [-0.2, 0) is 19.3 Å². The maximum absolute atomic E-state index is 15.3. The molecule has 0 saturated heterocycles. The van der Waals surface area contributed by atoms with Gasteiger partial charge in [0.05, 0.1) is 23.5 Å². The van der Waals surface area contributed by atoms with Gasteiger partial charge < -0.3 is 4.74 Å². The van der Waals surface area contributed by atoms with Crippen molar-refractivity contribution in [1.29, 1.82) is 0 Å². The van der Waals surface area contributed by atoms with Crippen LogP contribution in [0.3, 0.4) is 0 Å². The van der Waals surface area contributed by atoms with Crippen LogP contribution in [0.5, 0.6) is 5.75 Å². The van der Waals surface area contributed by atoms with E-state index < -0.39 is 11.6 Å². The van der Waals surface area contributed by atoms with Gasteiger partial charge in [-0.2, -0.15) is 10.2 Å². The first kappa shape index (κ1) is 28.5. The van der Waals surface area contributed by atoms with Crippen molar-refractivity contribution in [2.75, 3.05) is 6.61 Å². The van der Waals surface area contributed by atoms with Crippen LogP contribution in [0.25, 0.3) is 0 Å². The molecule has 0 fully saturated rings. The molecule has 0 amide bonds. The standard InChI is InChI=1S/C34H38F2N2O/c1-4-7-9-24-10-18-31-27(21-24)23-33(35)32(34(31)36)19-12-26-11-13-29(22-25(26)6-3)38-37-28-14-16-30(17-15-28)39-20-8-5-2/h11,13-17,22-24H,4-10,18,20-21H2,1-3H3. The van der Waals surface area contributed by atoms with Crippen molar-refractivity contribution in [2.24, 2.45) is 16.1 Å². The van der Waals surface area contributed by atoms with Gasteiger partial charge in [-0.05, 0) is 103 Å². The summed E-state index contributed by atoms with van der Waals surface area (Å²) in [6.45, 7) is 7.03. The summed E-state index contributed by atoms with van der Waals surface area (Å²) in [5.74, 6) is 6.10. The summed E-state index contributed by atoms with van der Waals surface area (Å²) in [5.41, 5.74) is 4.44. The molecule has 5 heteroatoms. The monoisotopic (exact) mass is 528 g/mol. The van der Waals surface area contributed by atoms with Crippen molar-refractivity contribution in [3.8, 4) is 17.6 Å². The Balaban J connectivity index is 1.48. The van der Waals surface area contributed by atoms with Gasteiger partial charge in [-0.15, -0.1) is 0 Å². The topological polar surface area (TPSA) is 34.0 Å². The number of rotatable bonds is 10. The number of unbranched alkanes of at least 4 members (excludes halogenated alkanes) is 2. The Kier molecular flexibility index (Phi) is 10.3. The second-order valence-electron chi connectivity index (χ2n) is 10.3. The average molecular weight is 529 g/mol. The highest BCUT2D eigenvalue weighted by Gasteiger charge is 2.24. The van der Waals surface area contributed by atoms with Crippen LogP contribution in [-0.4, -0.2) is 6.61 Å². The lowest BCUT2D eigenvalue weighted by molar-refractivity contribution is 0.309. The van der Waals surface area contributed by atoms with Crippen molar-refractivity contribution in [3.63, 3.8) is 0 Å². The molecule has 1 unspecified atom stereocenters. The number of hydrogen-bond donors (Lipinski definition) is 0. The molecule has 0 aromatic heterocycles. The van der Waals surface area contributed by atoms with E-state index in [9.17, 15) is 4.39 Å². The fourth-order valence-electron chi connectivity index (χ4n) is 5.02. The van der Waals surface area contributed by atoms with Gasteiger partial charge >= 0.3 is 0 Å². The summed E-state index contributed by atoms with van der Waals surface area (Å²) in [6, 6.07) is 14.6. The minimum Gasteiger partial charge on any atom is -0.494 e. The van der Waals surface area contributed by atoms with Gasteiger partial charge in [0.1, 0.15) is 17.4 Å². The van der Waals surface area contributed by atoms with Crippen molar-refractivity contribution >= 4 is 11.4 Å². The summed E-state index contributed by atoms with van der Waals surface area (Å²) in [5, 5.41) is 8.70. The largest absolute Gasteiger partial charge is 0.494 e. The van der Waals surface area contributed by atoms with E-state index in [-0.39, 0.29) is 5.56 Å². The summed E-state index contributed by atoms with van der Waals surface area (Å²) < 4.78 is 36.0. The Morgan fingerprint density at radius 3 is 2.38 bits per heavy atom. The van der Waals surface area contributed by atoms with E-state index in [0.29, 0.717) is 36.6 Å². The fraction of sp³-hybridized carbons (Fsp3) is 0.412. The second-order valence-corrected chi connectivity index (χ2v) is 10.3. The molecule has 1 aliphatic carbocycles. The molecule has 0 saturated carbocycles. The van der Waals surface area contributed by atoms with Gasteiger partial charge in [-0.3, -0.25) is 0 Å². The lowest BCUT2D eigenvalue weighted by Crippen LogP contribution is -2.17. The molecule has 0 radical (unpaired) electrons. The van der Waals surface area contributed by atoms with Gasteiger partial charge in [0.25, 0.3) is 0 Å². The van der Waals surface area contributed by atoms with E-state index in [4.69, 9.17) is 4.74 Å². The highest BCUT2D eigenvalue weighted by Crippen LogP contribution is 2.33. The SMILES string of the molecule is CCCCOc1ccc(N=Nc2ccc(C#Cc3c(F)cc4c(c3F)CCC(CCCC)C4)c(CC)c2)cc1. The van der Waals surface area contributed by atoms with Gasteiger partial charge in [0.2, 0.25) is 0 Å². The molecule has 39 heavy (non-hydrogen) atoms. The number of fused-ring (bicyclic) bond motifs is 1. The predicted octanol–water partition coefficient (Wildman–Crippen LogP) is 9.82. The number of nitrogens with zero attached hydrogens (tertiary/aromatic N) is 2. The molecule has 0 spiro atoms. The average Bonchev–Trinajstić information content (AvgIpc) is 2.95. The zero-order valence-corrected chi connectivity index (χ0v) is 23.3. The zero-order chi connectivity index (χ0) is 27.6. The summed E-state index contributed by atoms with van der Waals surface area (Å²) in [7, 11) is 0. The first-order valence-corrected chi connectivity index (χ1v) is 14.3. The zero-order valence-electron chi connectivity index (χ0n) is 23.3. The third-order valence-corrected chi connectivity index (χ3v) is 7.37. The molecule has 3 aromatic carbocycles. The number of ether oxygens (including phenoxy) is 1. The van der Waals surface area contributed by atoms with Gasteiger partial charge in [0.15, 0.2) is 0 Å². The summed E-state index contributed by atoms with van der Waals surface area (Å²) >= 11 is 0. The summed E-state index contributed by atoms with van der Waals surface area (Å²) in [4.78, 5) is 0. The number of benzene rings is 3. The minimum atomic E-state index is -0.569. The molecule has 0 aliphatic heterocycles. The number of azo groups is 1. The molecular weight excluding hydrogens is 490 g/mol. The van der Waals surface area contributed by atoms with E-state index in [1.165, 1.54) is 6.07 Å². The lowest BCUT2D eigenvalue weighted by atomic mass is 9.80. The van der Waals surface area contributed by atoms with Crippen molar-refractivity contribution < 1.29 is 13.5 Å². The van der Waals surface area contributed by atoms with E-state index in [1.54, 1.807) is 0 Å². The molecule has 0 heterocycles. The molecule has 0 bridgehead atoms. The van der Waals surface area contributed by atoms with Crippen LogP contribution in [0.15, 0.2) is 58.8 Å². The van der Waals surface area contributed by atoms with Gasteiger partial charge in [-0.25, -0.2) is 8.78 Å². The molecule has 0 N–H and O–H groups in total.